The number of hydrogen-bond donors (Lipinski definition) is 0. The van der Waals surface area contributed by atoms with Gasteiger partial charge in [-0.1, -0.05) is 58.5 Å². The number of halogens is 5. The van der Waals surface area contributed by atoms with E-state index >= 15 is 0 Å². The number of hydrogen-bond acceptors (Lipinski definition) is 1. The van der Waals surface area contributed by atoms with Crippen molar-refractivity contribution in [2.45, 2.75) is 0 Å². The quantitative estimate of drug-likeness (QED) is 0.610. The van der Waals surface area contributed by atoms with Crippen LogP contribution in [-0.4, -0.2) is 0 Å². The minimum Gasteiger partial charge on any atom is -0.296 e. The zero-order valence-corrected chi connectivity index (χ0v) is 13.9. The highest BCUT2D eigenvalue weighted by molar-refractivity contribution is 8.01. The van der Waals surface area contributed by atoms with Gasteiger partial charge < -0.3 is 0 Å². The summed E-state index contributed by atoms with van der Waals surface area (Å²) in [7, 11) is 0. The van der Waals surface area contributed by atoms with E-state index in [9.17, 15) is 4.57 Å². The molecule has 2 aromatic carbocycles. The highest BCUT2D eigenvalue weighted by atomic mass is 35.7. The molecule has 100 valence electrons. The molecule has 0 aliphatic carbocycles. The van der Waals surface area contributed by atoms with Crippen LogP contribution in [0.25, 0.3) is 0 Å². The van der Waals surface area contributed by atoms with Crippen molar-refractivity contribution in [3.8, 4) is 0 Å². The van der Waals surface area contributed by atoms with Crippen molar-refractivity contribution in [2.24, 2.45) is 0 Å². The van der Waals surface area contributed by atoms with Gasteiger partial charge in [0.2, 0.25) is 6.49 Å². The summed E-state index contributed by atoms with van der Waals surface area (Å²) in [4.78, 5) is 0. The molecule has 0 aliphatic heterocycles. The van der Waals surface area contributed by atoms with E-state index in [0.29, 0.717) is 0 Å². The van der Waals surface area contributed by atoms with Crippen molar-refractivity contribution in [1.82, 2.24) is 0 Å². The molecule has 19 heavy (non-hydrogen) atoms. The van der Waals surface area contributed by atoms with Crippen molar-refractivity contribution in [3.63, 3.8) is 0 Å². The summed E-state index contributed by atoms with van der Waals surface area (Å²) in [5, 5.41) is 1.14. The van der Waals surface area contributed by atoms with Crippen molar-refractivity contribution >= 4 is 74.7 Å². The van der Waals surface area contributed by atoms with E-state index in [1.54, 1.807) is 36.4 Å². The Hall–Kier alpha value is 0.120. The fourth-order valence-electron chi connectivity index (χ4n) is 1.64. The van der Waals surface area contributed by atoms with Crippen LogP contribution in [-0.2, 0) is 4.57 Å². The highest BCUT2D eigenvalue weighted by Gasteiger charge is 2.33. The van der Waals surface area contributed by atoms with Gasteiger partial charge in [-0.2, -0.15) is 0 Å². The van der Waals surface area contributed by atoms with Crippen LogP contribution in [0.1, 0.15) is 0 Å². The van der Waals surface area contributed by atoms with Gasteiger partial charge >= 0.3 is 0 Å². The third-order valence-electron chi connectivity index (χ3n) is 2.45. The van der Waals surface area contributed by atoms with Crippen molar-refractivity contribution in [3.05, 3.63) is 56.5 Å². The fraction of sp³-hybridized carbons (Fsp3) is 0. The second-order valence-electron chi connectivity index (χ2n) is 3.67. The fourth-order valence-corrected chi connectivity index (χ4v) is 7.09. The molecule has 0 radical (unpaired) electrons. The van der Waals surface area contributed by atoms with Crippen LogP contribution in [0, 0.1) is 0 Å². The van der Waals surface area contributed by atoms with Gasteiger partial charge in [-0.3, -0.25) is 4.57 Å². The van der Waals surface area contributed by atoms with E-state index in [2.05, 4.69) is 0 Å². The topological polar surface area (TPSA) is 17.1 Å². The van der Waals surface area contributed by atoms with Crippen molar-refractivity contribution in [1.29, 1.82) is 0 Å². The first-order chi connectivity index (χ1) is 8.85. The zero-order chi connectivity index (χ0) is 14.2. The molecule has 0 amide bonds. The Bertz CT molecular complexity index is 590. The van der Waals surface area contributed by atoms with Gasteiger partial charge in [0.1, 0.15) is 0 Å². The summed E-state index contributed by atoms with van der Waals surface area (Å²) >= 11 is 30.4. The lowest BCUT2D eigenvalue weighted by Crippen LogP contribution is -2.16. The van der Waals surface area contributed by atoms with Gasteiger partial charge in [-0.15, -0.1) is 0 Å². The monoisotopic (exact) mass is 372 g/mol. The standard InChI is InChI=1S/C12H6Cl5OP/c13-7-3-1-4-8(14)11(7)19(17,18)12-9(15)5-2-6-10(12)16/h1-6H. The lowest BCUT2D eigenvalue weighted by molar-refractivity contribution is 0.595. The maximum absolute atomic E-state index is 12.9. The average molecular weight is 374 g/mol. The minimum absolute atomic E-state index is 0.148. The second kappa shape index (κ2) is 5.85. The van der Waals surface area contributed by atoms with E-state index in [1.807, 2.05) is 0 Å². The van der Waals surface area contributed by atoms with Crippen LogP contribution in [0.15, 0.2) is 36.4 Å². The largest absolute Gasteiger partial charge is 0.296 e. The summed E-state index contributed by atoms with van der Waals surface area (Å²) in [5.41, 5.74) is 0. The lowest BCUT2D eigenvalue weighted by Gasteiger charge is -2.17. The molecule has 0 spiro atoms. The van der Waals surface area contributed by atoms with Gasteiger partial charge in [0.15, 0.2) is 0 Å². The molecule has 1 nitrogen and oxygen atoms in total. The summed E-state index contributed by atoms with van der Waals surface area (Å²) in [6.07, 6.45) is 0. The SMILES string of the molecule is O=P(Cl)(c1c(Cl)cccc1Cl)c1c(Cl)cccc1Cl. The molecule has 2 rings (SSSR count). The van der Waals surface area contributed by atoms with E-state index in [-0.39, 0.29) is 30.7 Å². The van der Waals surface area contributed by atoms with E-state index in [1.165, 1.54) is 0 Å². The first-order valence-electron chi connectivity index (χ1n) is 5.04. The lowest BCUT2D eigenvalue weighted by atomic mass is 10.3. The van der Waals surface area contributed by atoms with E-state index < -0.39 is 6.49 Å². The summed E-state index contributed by atoms with van der Waals surface area (Å²) in [6, 6.07) is 9.51. The molecule has 0 saturated heterocycles. The molecule has 0 unspecified atom stereocenters. The molecule has 0 fully saturated rings. The normalized spacial score (nSPS) is 11.6. The number of benzene rings is 2. The minimum atomic E-state index is -3.60. The molecule has 0 bridgehead atoms. The van der Waals surface area contributed by atoms with Gasteiger partial charge in [0.25, 0.3) is 0 Å². The predicted molar refractivity (Wildman–Crippen MR) is 85.7 cm³/mol. The van der Waals surface area contributed by atoms with Crippen LogP contribution >= 0.6 is 64.1 Å². The van der Waals surface area contributed by atoms with Crippen molar-refractivity contribution in [2.75, 3.05) is 0 Å². The average Bonchev–Trinajstić information content (AvgIpc) is 2.27. The molecule has 7 heteroatoms. The molecule has 0 atom stereocenters. The molecule has 0 aromatic heterocycles. The first kappa shape index (κ1) is 15.5. The summed E-state index contributed by atoms with van der Waals surface area (Å²) < 4.78 is 12.9. The summed E-state index contributed by atoms with van der Waals surface area (Å²) in [5.74, 6) is 0. The predicted octanol–water partition coefficient (Wildman–Crippen LogP) is 5.77. The Labute approximate surface area is 135 Å². The Morgan fingerprint density at radius 3 is 1.21 bits per heavy atom. The van der Waals surface area contributed by atoms with E-state index in [0.717, 1.165) is 0 Å². The Balaban J connectivity index is 2.77. The maximum Gasteiger partial charge on any atom is 0.231 e. The second-order valence-corrected chi connectivity index (χ2v) is 8.69. The molecule has 0 N–H and O–H groups in total. The van der Waals surface area contributed by atoms with Crippen LogP contribution in [0.3, 0.4) is 0 Å². The smallest absolute Gasteiger partial charge is 0.231 e. The number of rotatable bonds is 2. The van der Waals surface area contributed by atoms with Crippen molar-refractivity contribution < 1.29 is 4.57 Å². The zero-order valence-electron chi connectivity index (χ0n) is 9.21. The van der Waals surface area contributed by atoms with Gasteiger partial charge in [0, 0.05) is 0 Å². The van der Waals surface area contributed by atoms with Crippen LogP contribution in [0.4, 0.5) is 0 Å². The van der Waals surface area contributed by atoms with E-state index in [4.69, 9.17) is 57.6 Å². The van der Waals surface area contributed by atoms with Gasteiger partial charge in [-0.05, 0) is 35.5 Å². The van der Waals surface area contributed by atoms with Gasteiger partial charge in [0.05, 0.1) is 30.7 Å². The first-order valence-corrected chi connectivity index (χ1v) is 9.17. The van der Waals surface area contributed by atoms with Crippen LogP contribution < -0.4 is 10.6 Å². The molecular weight excluding hydrogens is 368 g/mol. The highest BCUT2D eigenvalue weighted by Crippen LogP contribution is 2.54. The molecule has 2 aromatic rings. The molecule has 0 saturated carbocycles. The third-order valence-corrected chi connectivity index (χ3v) is 7.37. The molecular formula is C12H6Cl5OP. The summed E-state index contributed by atoms with van der Waals surface area (Å²) in [6.45, 7) is -3.60. The Kier molecular flexibility index (Phi) is 4.78. The maximum atomic E-state index is 12.9. The third kappa shape index (κ3) is 2.93. The van der Waals surface area contributed by atoms with Crippen LogP contribution in [0.2, 0.25) is 20.1 Å². The molecule has 0 aliphatic rings. The van der Waals surface area contributed by atoms with Gasteiger partial charge in [-0.25, -0.2) is 0 Å². The Morgan fingerprint density at radius 2 is 0.947 bits per heavy atom. The molecule has 0 heterocycles. The van der Waals surface area contributed by atoms with Crippen LogP contribution in [0.5, 0.6) is 0 Å². The Morgan fingerprint density at radius 1 is 0.684 bits per heavy atom.